The maximum atomic E-state index is 13.2. The molecule has 7 heteroatoms. The zero-order valence-corrected chi connectivity index (χ0v) is 20.7. The van der Waals surface area contributed by atoms with E-state index in [9.17, 15) is 14.4 Å². The second kappa shape index (κ2) is 14.0. The molecule has 3 rings (SSSR count). The first-order valence-electron chi connectivity index (χ1n) is 12.5. The van der Waals surface area contributed by atoms with Gasteiger partial charge in [-0.3, -0.25) is 19.6 Å². The van der Waals surface area contributed by atoms with E-state index in [1.54, 1.807) is 5.48 Å². The molecule has 0 saturated carbocycles. The van der Waals surface area contributed by atoms with Crippen LogP contribution in [0.15, 0.2) is 72.8 Å². The molecule has 3 amide bonds. The Labute approximate surface area is 212 Å². The number of hydrogen-bond donors (Lipinski definition) is 4. The zero-order valence-electron chi connectivity index (χ0n) is 20.7. The fraction of sp³-hybridized carbons (Fsp3) is 0.345. The van der Waals surface area contributed by atoms with Crippen LogP contribution in [0.1, 0.15) is 50.2 Å². The van der Waals surface area contributed by atoms with E-state index in [2.05, 4.69) is 17.6 Å². The normalized spacial score (nSPS) is 12.5. The van der Waals surface area contributed by atoms with Crippen LogP contribution < -0.4 is 16.1 Å². The molecule has 0 aliphatic carbocycles. The number of rotatable bonds is 13. The number of fused-ring (bicyclic) bond motifs is 1. The average Bonchev–Trinajstić information content (AvgIpc) is 2.91. The molecule has 0 fully saturated rings. The van der Waals surface area contributed by atoms with Gasteiger partial charge in [-0.05, 0) is 28.3 Å². The molecule has 0 aliphatic rings. The lowest BCUT2D eigenvalue weighted by molar-refractivity contribution is -0.136. The highest BCUT2D eigenvalue weighted by Crippen LogP contribution is 2.18. The Hall–Kier alpha value is -3.71. The highest BCUT2D eigenvalue weighted by atomic mass is 16.5. The number of unbranched alkanes of at least 4 members (excludes halogenated alkanes) is 2. The van der Waals surface area contributed by atoms with Gasteiger partial charge in [0, 0.05) is 25.3 Å². The lowest BCUT2D eigenvalue weighted by Crippen LogP contribution is -2.50. The Morgan fingerprint density at radius 1 is 0.833 bits per heavy atom. The summed E-state index contributed by atoms with van der Waals surface area (Å²) >= 11 is 0. The molecule has 0 radical (unpaired) electrons. The van der Waals surface area contributed by atoms with Crippen LogP contribution >= 0.6 is 0 Å². The van der Waals surface area contributed by atoms with Gasteiger partial charge in [-0.25, -0.2) is 5.48 Å². The Bertz CT molecular complexity index is 1150. The summed E-state index contributed by atoms with van der Waals surface area (Å²) in [5, 5.41) is 17.0. The minimum Gasteiger partial charge on any atom is -0.350 e. The molecule has 3 aromatic carbocycles. The molecule has 2 atom stereocenters. The van der Waals surface area contributed by atoms with Gasteiger partial charge in [0.2, 0.25) is 17.7 Å². The van der Waals surface area contributed by atoms with E-state index in [4.69, 9.17) is 5.21 Å². The predicted octanol–water partition coefficient (Wildman–Crippen LogP) is 4.28. The van der Waals surface area contributed by atoms with Gasteiger partial charge in [0.1, 0.15) is 6.04 Å². The lowest BCUT2D eigenvalue weighted by atomic mass is 9.95. The first-order valence-corrected chi connectivity index (χ1v) is 12.5. The smallest absolute Gasteiger partial charge is 0.244 e. The number of benzene rings is 3. The Morgan fingerprint density at radius 3 is 2.28 bits per heavy atom. The van der Waals surface area contributed by atoms with Gasteiger partial charge in [0.05, 0.1) is 0 Å². The van der Waals surface area contributed by atoms with Crippen molar-refractivity contribution in [1.29, 1.82) is 0 Å². The SMILES string of the molecule is CCCCC[C@H](CC(=O)NO)C(=O)N[C@@H](Cc1ccc2ccccc2c1)C(=O)NCc1ccccc1. The molecule has 0 spiro atoms. The van der Waals surface area contributed by atoms with Crippen molar-refractivity contribution in [2.45, 2.75) is 58.0 Å². The summed E-state index contributed by atoms with van der Waals surface area (Å²) < 4.78 is 0. The van der Waals surface area contributed by atoms with Crippen molar-refractivity contribution >= 4 is 28.5 Å². The van der Waals surface area contributed by atoms with Crippen molar-refractivity contribution in [2.75, 3.05) is 0 Å². The van der Waals surface area contributed by atoms with Crippen molar-refractivity contribution in [1.82, 2.24) is 16.1 Å². The standard InChI is InChI=1S/C29H35N3O4/c1-2-3-5-14-25(19-27(33)32-36)28(34)31-26(29(35)30-20-21-10-6-4-7-11-21)18-22-15-16-23-12-8-9-13-24(23)17-22/h4,6-13,15-17,25-26,36H,2-3,5,14,18-20H2,1H3,(H,30,35)(H,31,34)(H,32,33)/t25-,26+/m1/s1. The first kappa shape index (κ1) is 26.9. The molecule has 0 heterocycles. The quantitative estimate of drug-likeness (QED) is 0.163. The summed E-state index contributed by atoms with van der Waals surface area (Å²) in [5.41, 5.74) is 3.49. The summed E-state index contributed by atoms with van der Waals surface area (Å²) in [6.07, 6.45) is 3.37. The predicted molar refractivity (Wildman–Crippen MR) is 140 cm³/mol. The first-order chi connectivity index (χ1) is 17.5. The highest BCUT2D eigenvalue weighted by Gasteiger charge is 2.27. The van der Waals surface area contributed by atoms with Crippen LogP contribution in [0, 0.1) is 5.92 Å². The summed E-state index contributed by atoms with van der Waals surface area (Å²) in [7, 11) is 0. The maximum Gasteiger partial charge on any atom is 0.244 e. The number of carbonyl (C=O) groups is 3. The van der Waals surface area contributed by atoms with Crippen molar-refractivity contribution < 1.29 is 19.6 Å². The number of hydroxylamine groups is 1. The van der Waals surface area contributed by atoms with E-state index in [-0.39, 0.29) is 18.2 Å². The Morgan fingerprint density at radius 2 is 1.56 bits per heavy atom. The Kier molecular flexibility index (Phi) is 10.5. The molecule has 190 valence electrons. The summed E-state index contributed by atoms with van der Waals surface area (Å²) in [4.78, 5) is 38.3. The summed E-state index contributed by atoms with van der Waals surface area (Å²) in [5.74, 6) is -1.91. The average molecular weight is 490 g/mol. The Balaban J connectivity index is 1.77. The molecule has 36 heavy (non-hydrogen) atoms. The van der Waals surface area contributed by atoms with Crippen LogP contribution in [0.2, 0.25) is 0 Å². The van der Waals surface area contributed by atoms with Crippen LogP contribution in [0.5, 0.6) is 0 Å². The number of nitrogens with one attached hydrogen (secondary N) is 3. The summed E-state index contributed by atoms with van der Waals surface area (Å²) in [6.45, 7) is 2.41. The fourth-order valence-corrected chi connectivity index (χ4v) is 4.24. The number of hydrogen-bond acceptors (Lipinski definition) is 4. The lowest BCUT2D eigenvalue weighted by Gasteiger charge is -2.22. The van der Waals surface area contributed by atoms with Gasteiger partial charge >= 0.3 is 0 Å². The van der Waals surface area contributed by atoms with Crippen LogP contribution in [0.25, 0.3) is 10.8 Å². The van der Waals surface area contributed by atoms with Crippen molar-refractivity contribution in [3.63, 3.8) is 0 Å². The maximum absolute atomic E-state index is 13.2. The second-order valence-electron chi connectivity index (χ2n) is 9.08. The highest BCUT2D eigenvalue weighted by molar-refractivity contribution is 5.91. The van der Waals surface area contributed by atoms with Crippen LogP contribution in [-0.2, 0) is 27.3 Å². The third-order valence-corrected chi connectivity index (χ3v) is 6.28. The van der Waals surface area contributed by atoms with E-state index in [1.807, 2.05) is 72.8 Å². The molecule has 0 aliphatic heterocycles. The molecular weight excluding hydrogens is 454 g/mol. The largest absolute Gasteiger partial charge is 0.350 e. The molecule has 0 bridgehead atoms. The summed E-state index contributed by atoms with van der Waals surface area (Å²) in [6, 6.07) is 22.7. The topological polar surface area (TPSA) is 108 Å². The van der Waals surface area contributed by atoms with E-state index < -0.39 is 17.9 Å². The van der Waals surface area contributed by atoms with Crippen LogP contribution in [-0.4, -0.2) is 29.0 Å². The monoisotopic (exact) mass is 489 g/mol. The third kappa shape index (κ3) is 8.20. The van der Waals surface area contributed by atoms with Gasteiger partial charge in [0.25, 0.3) is 0 Å². The second-order valence-corrected chi connectivity index (χ2v) is 9.08. The van der Waals surface area contributed by atoms with E-state index >= 15 is 0 Å². The van der Waals surface area contributed by atoms with Crippen molar-refractivity contribution in [3.8, 4) is 0 Å². The fourth-order valence-electron chi connectivity index (χ4n) is 4.24. The number of carbonyl (C=O) groups excluding carboxylic acids is 3. The molecule has 7 nitrogen and oxygen atoms in total. The minimum absolute atomic E-state index is 0.139. The van der Waals surface area contributed by atoms with E-state index in [0.717, 1.165) is 41.2 Å². The van der Waals surface area contributed by atoms with Gasteiger partial charge in [-0.1, -0.05) is 99.0 Å². The molecule has 4 N–H and O–H groups in total. The van der Waals surface area contributed by atoms with E-state index in [1.165, 1.54) is 0 Å². The van der Waals surface area contributed by atoms with Crippen LogP contribution in [0.4, 0.5) is 0 Å². The van der Waals surface area contributed by atoms with Gasteiger partial charge in [-0.2, -0.15) is 0 Å². The molecule has 0 aromatic heterocycles. The molecule has 0 saturated heterocycles. The third-order valence-electron chi connectivity index (χ3n) is 6.28. The van der Waals surface area contributed by atoms with Crippen molar-refractivity contribution in [3.05, 3.63) is 83.9 Å². The molecule has 0 unspecified atom stereocenters. The molecule has 3 aromatic rings. The van der Waals surface area contributed by atoms with Gasteiger partial charge < -0.3 is 10.6 Å². The minimum atomic E-state index is -0.812. The zero-order chi connectivity index (χ0) is 25.8. The molecular formula is C29H35N3O4. The van der Waals surface area contributed by atoms with Gasteiger partial charge in [0.15, 0.2) is 0 Å². The van der Waals surface area contributed by atoms with Crippen molar-refractivity contribution in [2.24, 2.45) is 5.92 Å². The number of amides is 3. The van der Waals surface area contributed by atoms with E-state index in [0.29, 0.717) is 19.4 Å². The van der Waals surface area contributed by atoms with Crippen LogP contribution in [0.3, 0.4) is 0 Å². The van der Waals surface area contributed by atoms with Gasteiger partial charge in [-0.15, -0.1) is 0 Å².